The minimum atomic E-state index is -0.738. The number of carbonyl (C=O) groups excluding carboxylic acids is 1. The Morgan fingerprint density at radius 2 is 1.90 bits per heavy atom. The molecule has 1 N–H and O–H groups in total. The van der Waals surface area contributed by atoms with E-state index in [2.05, 4.69) is 43.3 Å². The van der Waals surface area contributed by atoms with Gasteiger partial charge in [0, 0.05) is 12.3 Å². The molecule has 2 aromatic rings. The van der Waals surface area contributed by atoms with Crippen LogP contribution >= 0.6 is 0 Å². The SMILES string of the molecule is CC(=O)Oc1ccc2c(c1)CC[C@@H]1[C@@H]2CC[C@@]2(C)[C@H]1CC[C@@]2(O)/C=C\c1ccccc1. The molecule has 0 saturated heterocycles. The standard InChI is InChI=1S/C28H32O3/c1-19(29)31-22-9-11-23-21(18-22)8-10-25-24(23)13-15-27(2)26(25)14-17-28(27,30)16-12-20-6-4-3-5-7-20/h3-7,9,11-12,16,18,24-26,30H,8,10,13-15,17H2,1-2H3/b16-12-/t24-,25-,26+,27+,28+/m1/s1. The summed E-state index contributed by atoms with van der Waals surface area (Å²) in [4.78, 5) is 11.3. The van der Waals surface area contributed by atoms with Crippen LogP contribution in [0.1, 0.15) is 68.6 Å². The van der Waals surface area contributed by atoms with Crippen molar-refractivity contribution in [2.75, 3.05) is 0 Å². The first-order chi connectivity index (χ1) is 14.9. The predicted octanol–water partition coefficient (Wildman–Crippen LogP) is 5.91. The number of hydrogen-bond acceptors (Lipinski definition) is 3. The molecule has 3 aliphatic rings. The molecule has 0 aliphatic heterocycles. The van der Waals surface area contributed by atoms with E-state index in [-0.39, 0.29) is 11.4 Å². The van der Waals surface area contributed by atoms with Gasteiger partial charge in [-0.25, -0.2) is 0 Å². The van der Waals surface area contributed by atoms with Crippen molar-refractivity contribution >= 4 is 12.0 Å². The maximum atomic E-state index is 11.8. The van der Waals surface area contributed by atoms with Crippen molar-refractivity contribution in [1.29, 1.82) is 0 Å². The third kappa shape index (κ3) is 3.43. The molecule has 0 amide bonds. The summed E-state index contributed by atoms with van der Waals surface area (Å²) in [6.07, 6.45) is 10.5. The highest BCUT2D eigenvalue weighted by Crippen LogP contribution is 2.64. The predicted molar refractivity (Wildman–Crippen MR) is 123 cm³/mol. The molecule has 3 nitrogen and oxygen atoms in total. The van der Waals surface area contributed by atoms with Gasteiger partial charge in [-0.05, 0) is 85.1 Å². The van der Waals surface area contributed by atoms with Crippen LogP contribution in [0.25, 0.3) is 6.08 Å². The highest BCUT2D eigenvalue weighted by Gasteiger charge is 2.60. The number of esters is 1. The van der Waals surface area contributed by atoms with Crippen molar-refractivity contribution in [1.82, 2.24) is 0 Å². The molecule has 2 fully saturated rings. The summed E-state index contributed by atoms with van der Waals surface area (Å²) in [5, 5.41) is 11.8. The average molecular weight is 417 g/mol. The van der Waals surface area contributed by atoms with Crippen molar-refractivity contribution in [2.24, 2.45) is 17.3 Å². The Bertz CT molecular complexity index is 1010. The van der Waals surface area contributed by atoms with Crippen LogP contribution in [0.5, 0.6) is 5.75 Å². The van der Waals surface area contributed by atoms with Crippen LogP contribution in [0.2, 0.25) is 0 Å². The van der Waals surface area contributed by atoms with Gasteiger partial charge in [-0.3, -0.25) is 4.79 Å². The Kier molecular flexibility index (Phi) is 5.05. The second-order valence-electron chi connectivity index (χ2n) is 10.0. The Balaban J connectivity index is 1.40. The van der Waals surface area contributed by atoms with Crippen LogP contribution in [-0.2, 0) is 11.2 Å². The first-order valence-electron chi connectivity index (χ1n) is 11.7. The lowest BCUT2D eigenvalue weighted by atomic mass is 9.53. The van der Waals surface area contributed by atoms with Gasteiger partial charge in [-0.15, -0.1) is 0 Å². The molecule has 2 saturated carbocycles. The largest absolute Gasteiger partial charge is 0.427 e. The maximum absolute atomic E-state index is 11.8. The molecule has 5 rings (SSSR count). The second kappa shape index (κ2) is 7.63. The van der Waals surface area contributed by atoms with E-state index in [9.17, 15) is 9.90 Å². The smallest absolute Gasteiger partial charge is 0.308 e. The molecular formula is C28H32O3. The second-order valence-corrected chi connectivity index (χ2v) is 10.0. The lowest BCUT2D eigenvalue weighted by Gasteiger charge is -2.52. The summed E-state index contributed by atoms with van der Waals surface area (Å²) in [6.45, 7) is 3.78. The molecule has 31 heavy (non-hydrogen) atoms. The molecule has 0 radical (unpaired) electrons. The minimum absolute atomic E-state index is 0.0748. The van der Waals surface area contributed by atoms with Crippen molar-refractivity contribution < 1.29 is 14.6 Å². The fraction of sp³-hybridized carbons (Fsp3) is 0.464. The monoisotopic (exact) mass is 416 g/mol. The molecule has 0 aromatic heterocycles. The third-order valence-corrected chi connectivity index (χ3v) is 8.53. The van der Waals surface area contributed by atoms with Crippen molar-refractivity contribution in [3.05, 3.63) is 71.3 Å². The molecule has 0 heterocycles. The lowest BCUT2D eigenvalue weighted by Crippen LogP contribution is -2.49. The van der Waals surface area contributed by atoms with Crippen molar-refractivity contribution in [2.45, 2.75) is 63.9 Å². The summed E-state index contributed by atoms with van der Waals surface area (Å²) in [7, 11) is 0. The number of hydrogen-bond donors (Lipinski definition) is 1. The fourth-order valence-electron chi connectivity index (χ4n) is 6.91. The van der Waals surface area contributed by atoms with E-state index >= 15 is 0 Å². The third-order valence-electron chi connectivity index (χ3n) is 8.53. The number of aryl methyl sites for hydroxylation is 1. The van der Waals surface area contributed by atoms with Gasteiger partial charge in [0.15, 0.2) is 0 Å². The number of rotatable bonds is 3. The van der Waals surface area contributed by atoms with E-state index in [1.54, 1.807) is 0 Å². The van der Waals surface area contributed by atoms with Gasteiger partial charge in [0.25, 0.3) is 0 Å². The van der Waals surface area contributed by atoms with E-state index < -0.39 is 5.60 Å². The topological polar surface area (TPSA) is 46.5 Å². The van der Waals surface area contributed by atoms with E-state index in [0.29, 0.717) is 23.5 Å². The molecule has 3 heteroatoms. The van der Waals surface area contributed by atoms with Gasteiger partial charge >= 0.3 is 5.97 Å². The zero-order valence-corrected chi connectivity index (χ0v) is 18.5. The van der Waals surface area contributed by atoms with Gasteiger partial charge in [0.2, 0.25) is 0 Å². The van der Waals surface area contributed by atoms with E-state index in [4.69, 9.17) is 4.74 Å². The van der Waals surface area contributed by atoms with Crippen molar-refractivity contribution in [3.8, 4) is 5.75 Å². The summed E-state index contributed by atoms with van der Waals surface area (Å²) in [6, 6.07) is 16.5. The number of ether oxygens (including phenoxy) is 1. The molecule has 3 aliphatic carbocycles. The van der Waals surface area contributed by atoms with Crippen LogP contribution in [-0.4, -0.2) is 16.7 Å². The summed E-state index contributed by atoms with van der Waals surface area (Å²) in [5.41, 5.74) is 3.10. The quantitative estimate of drug-likeness (QED) is 0.500. The van der Waals surface area contributed by atoms with Crippen LogP contribution in [0, 0.1) is 17.3 Å². The first-order valence-corrected chi connectivity index (χ1v) is 11.7. The van der Waals surface area contributed by atoms with Crippen LogP contribution in [0.3, 0.4) is 0 Å². The van der Waals surface area contributed by atoms with Gasteiger partial charge in [0.05, 0.1) is 5.60 Å². The Morgan fingerprint density at radius 3 is 2.68 bits per heavy atom. The normalized spacial score (nSPS) is 34.1. The molecule has 0 unspecified atom stereocenters. The fourth-order valence-corrected chi connectivity index (χ4v) is 6.91. The summed E-state index contributed by atoms with van der Waals surface area (Å²) < 4.78 is 5.31. The van der Waals surface area contributed by atoms with Gasteiger partial charge in [-0.2, -0.15) is 0 Å². The maximum Gasteiger partial charge on any atom is 0.308 e. The van der Waals surface area contributed by atoms with Gasteiger partial charge in [-0.1, -0.05) is 55.5 Å². The Morgan fingerprint density at radius 1 is 1.10 bits per heavy atom. The lowest BCUT2D eigenvalue weighted by molar-refractivity contribution is -0.131. The van der Waals surface area contributed by atoms with Crippen LogP contribution in [0.15, 0.2) is 54.6 Å². The zero-order valence-electron chi connectivity index (χ0n) is 18.5. The van der Waals surface area contributed by atoms with Gasteiger partial charge < -0.3 is 9.84 Å². The van der Waals surface area contributed by atoms with Crippen molar-refractivity contribution in [3.63, 3.8) is 0 Å². The molecule has 162 valence electrons. The van der Waals surface area contributed by atoms with E-state index in [1.165, 1.54) is 18.1 Å². The Labute approximate surface area is 185 Å². The minimum Gasteiger partial charge on any atom is -0.427 e. The van der Waals surface area contributed by atoms with Crippen LogP contribution < -0.4 is 4.74 Å². The van der Waals surface area contributed by atoms with E-state index in [0.717, 1.165) is 44.1 Å². The van der Waals surface area contributed by atoms with Gasteiger partial charge in [0.1, 0.15) is 5.75 Å². The highest BCUT2D eigenvalue weighted by molar-refractivity contribution is 5.69. The molecular weight excluding hydrogens is 384 g/mol. The molecule has 0 spiro atoms. The Hall–Kier alpha value is -2.39. The number of carbonyl (C=O) groups is 1. The molecule has 5 atom stereocenters. The number of benzene rings is 2. The molecule has 0 bridgehead atoms. The number of fused-ring (bicyclic) bond motifs is 5. The average Bonchev–Trinajstić information content (AvgIpc) is 3.03. The van der Waals surface area contributed by atoms with Crippen LogP contribution in [0.4, 0.5) is 0 Å². The number of aliphatic hydroxyl groups is 1. The first kappa shape index (κ1) is 20.5. The van der Waals surface area contributed by atoms with E-state index in [1.807, 2.05) is 24.3 Å². The highest BCUT2D eigenvalue weighted by atomic mass is 16.5. The molecule has 2 aromatic carbocycles. The zero-order chi connectivity index (χ0) is 21.6. The summed E-state index contributed by atoms with van der Waals surface area (Å²) >= 11 is 0. The summed E-state index contributed by atoms with van der Waals surface area (Å²) in [5.74, 6) is 2.10.